The second-order valence-electron chi connectivity index (χ2n) is 4.08. The lowest BCUT2D eigenvalue weighted by molar-refractivity contribution is 0.686. The van der Waals surface area contributed by atoms with Crippen molar-refractivity contribution in [2.45, 2.75) is 13.0 Å². The van der Waals surface area contributed by atoms with Gasteiger partial charge in [0.15, 0.2) is 0 Å². The number of nitrogens with zero attached hydrogens (tertiary/aromatic N) is 2. The van der Waals surface area contributed by atoms with Gasteiger partial charge in [0.05, 0.1) is 6.20 Å². The number of aryl methyl sites for hydroxylation is 1. The van der Waals surface area contributed by atoms with Gasteiger partial charge in [-0.05, 0) is 36.2 Å². The molecule has 1 aromatic heterocycles. The van der Waals surface area contributed by atoms with Gasteiger partial charge in [-0.2, -0.15) is 5.10 Å². The van der Waals surface area contributed by atoms with Crippen LogP contribution in [0.5, 0.6) is 0 Å². The quantitative estimate of drug-likeness (QED) is 0.859. The molecule has 0 bridgehead atoms. The third kappa shape index (κ3) is 3.98. The minimum atomic E-state index is 0.902. The maximum absolute atomic E-state index is 4.15. The number of aromatic nitrogens is 2. The molecule has 4 heteroatoms. The monoisotopic (exact) mass is 293 g/mol. The number of nitrogens with one attached hydrogen (secondary N) is 1. The smallest absolute Gasteiger partial charge is 0.0522 e. The largest absolute Gasteiger partial charge is 0.312 e. The Bertz CT molecular complexity index is 479. The van der Waals surface area contributed by atoms with Crippen molar-refractivity contribution in [2.24, 2.45) is 7.05 Å². The van der Waals surface area contributed by atoms with Crippen LogP contribution in [0.1, 0.15) is 11.1 Å². The van der Waals surface area contributed by atoms with E-state index in [9.17, 15) is 0 Å². The van der Waals surface area contributed by atoms with Crippen LogP contribution in [-0.2, 0) is 20.0 Å². The van der Waals surface area contributed by atoms with E-state index in [-0.39, 0.29) is 0 Å². The lowest BCUT2D eigenvalue weighted by Crippen LogP contribution is -2.16. The maximum atomic E-state index is 4.15. The Hall–Kier alpha value is -1.13. The Kier molecular flexibility index (Phi) is 4.34. The Balaban J connectivity index is 1.73. The highest BCUT2D eigenvalue weighted by atomic mass is 79.9. The number of halogens is 1. The van der Waals surface area contributed by atoms with Crippen LogP contribution in [0.25, 0.3) is 0 Å². The lowest BCUT2D eigenvalue weighted by atomic mass is 10.2. The van der Waals surface area contributed by atoms with Gasteiger partial charge in [0.1, 0.15) is 0 Å². The molecule has 3 nitrogen and oxygen atoms in total. The molecule has 0 aliphatic rings. The average Bonchev–Trinajstić information content (AvgIpc) is 2.71. The zero-order chi connectivity index (χ0) is 12.1. The average molecular weight is 294 g/mol. The Morgan fingerprint density at radius 2 is 2.24 bits per heavy atom. The van der Waals surface area contributed by atoms with Gasteiger partial charge >= 0.3 is 0 Å². The molecule has 0 aliphatic heterocycles. The fraction of sp³-hybridized carbons (Fsp3) is 0.308. The first kappa shape index (κ1) is 12.3. The van der Waals surface area contributed by atoms with Crippen LogP contribution in [-0.4, -0.2) is 16.3 Å². The Morgan fingerprint density at radius 3 is 2.94 bits per heavy atom. The number of hydrogen-bond acceptors (Lipinski definition) is 2. The van der Waals surface area contributed by atoms with Gasteiger partial charge in [-0.15, -0.1) is 0 Å². The molecule has 1 heterocycles. The van der Waals surface area contributed by atoms with Crippen LogP contribution >= 0.6 is 15.9 Å². The van der Waals surface area contributed by atoms with E-state index in [4.69, 9.17) is 0 Å². The van der Waals surface area contributed by atoms with E-state index in [0.717, 1.165) is 24.0 Å². The molecule has 90 valence electrons. The van der Waals surface area contributed by atoms with Crippen LogP contribution in [0, 0.1) is 0 Å². The molecule has 0 aliphatic carbocycles. The van der Waals surface area contributed by atoms with E-state index in [1.54, 1.807) is 0 Å². The highest BCUT2D eigenvalue weighted by molar-refractivity contribution is 9.10. The third-order valence-electron chi connectivity index (χ3n) is 2.57. The molecule has 17 heavy (non-hydrogen) atoms. The molecular formula is C13H16BrN3. The SMILES string of the molecule is Cn1cc(CCNCc2cccc(Br)c2)cn1. The van der Waals surface area contributed by atoms with Crippen LogP contribution < -0.4 is 5.32 Å². The predicted octanol–water partition coefficient (Wildman–Crippen LogP) is 2.51. The molecule has 0 atom stereocenters. The van der Waals surface area contributed by atoms with E-state index in [0.29, 0.717) is 0 Å². The second kappa shape index (κ2) is 5.98. The fourth-order valence-electron chi connectivity index (χ4n) is 1.71. The molecule has 0 saturated carbocycles. The van der Waals surface area contributed by atoms with Gasteiger partial charge in [-0.1, -0.05) is 28.1 Å². The first-order valence-electron chi connectivity index (χ1n) is 5.67. The molecule has 2 aromatic rings. The molecule has 1 aromatic carbocycles. The highest BCUT2D eigenvalue weighted by Gasteiger charge is 1.97. The van der Waals surface area contributed by atoms with Crippen molar-refractivity contribution in [2.75, 3.05) is 6.54 Å². The minimum absolute atomic E-state index is 0.902. The summed E-state index contributed by atoms with van der Waals surface area (Å²) in [6.45, 7) is 1.87. The first-order valence-corrected chi connectivity index (χ1v) is 6.46. The summed E-state index contributed by atoms with van der Waals surface area (Å²) in [4.78, 5) is 0. The lowest BCUT2D eigenvalue weighted by Gasteiger charge is -2.04. The summed E-state index contributed by atoms with van der Waals surface area (Å²) in [6, 6.07) is 8.36. The number of rotatable bonds is 5. The van der Waals surface area contributed by atoms with Crippen LogP contribution in [0.2, 0.25) is 0 Å². The van der Waals surface area contributed by atoms with Crippen LogP contribution in [0.3, 0.4) is 0 Å². The standard InChI is InChI=1S/C13H16BrN3/c1-17-10-12(9-16-17)5-6-15-8-11-3-2-4-13(14)7-11/h2-4,7,9-10,15H,5-6,8H2,1H3. The van der Waals surface area contributed by atoms with Crippen LogP contribution in [0.4, 0.5) is 0 Å². The van der Waals surface area contributed by atoms with Crippen molar-refractivity contribution in [1.82, 2.24) is 15.1 Å². The van der Waals surface area contributed by atoms with Gasteiger partial charge in [0.25, 0.3) is 0 Å². The van der Waals surface area contributed by atoms with Gasteiger partial charge < -0.3 is 5.32 Å². The Labute approximate surface area is 110 Å². The second-order valence-corrected chi connectivity index (χ2v) is 4.99. The summed E-state index contributed by atoms with van der Waals surface area (Å²) in [5.41, 5.74) is 2.57. The van der Waals surface area contributed by atoms with E-state index in [1.807, 2.05) is 24.0 Å². The Morgan fingerprint density at radius 1 is 1.35 bits per heavy atom. The number of hydrogen-bond donors (Lipinski definition) is 1. The highest BCUT2D eigenvalue weighted by Crippen LogP contribution is 2.11. The predicted molar refractivity (Wildman–Crippen MR) is 72.8 cm³/mol. The van der Waals surface area contributed by atoms with E-state index < -0.39 is 0 Å². The summed E-state index contributed by atoms with van der Waals surface area (Å²) in [5.74, 6) is 0. The molecule has 0 saturated heterocycles. The van der Waals surface area contributed by atoms with Crippen molar-refractivity contribution < 1.29 is 0 Å². The normalized spacial score (nSPS) is 10.7. The molecule has 1 N–H and O–H groups in total. The van der Waals surface area contributed by atoms with Gasteiger partial charge in [-0.3, -0.25) is 4.68 Å². The minimum Gasteiger partial charge on any atom is -0.312 e. The summed E-state index contributed by atoms with van der Waals surface area (Å²) in [5, 5.41) is 7.58. The molecule has 2 rings (SSSR count). The summed E-state index contributed by atoms with van der Waals surface area (Å²) >= 11 is 3.47. The number of benzene rings is 1. The van der Waals surface area contributed by atoms with Crippen molar-refractivity contribution >= 4 is 15.9 Å². The molecule has 0 amide bonds. The third-order valence-corrected chi connectivity index (χ3v) is 3.06. The summed E-state index contributed by atoms with van der Waals surface area (Å²) in [7, 11) is 1.94. The van der Waals surface area contributed by atoms with Gasteiger partial charge in [0.2, 0.25) is 0 Å². The van der Waals surface area contributed by atoms with Crippen molar-refractivity contribution in [3.05, 3.63) is 52.3 Å². The topological polar surface area (TPSA) is 29.9 Å². The zero-order valence-electron chi connectivity index (χ0n) is 9.86. The first-order chi connectivity index (χ1) is 8.24. The summed E-state index contributed by atoms with van der Waals surface area (Å²) < 4.78 is 2.97. The molecule has 0 spiro atoms. The van der Waals surface area contributed by atoms with Gasteiger partial charge in [0, 0.05) is 24.3 Å². The molecule has 0 radical (unpaired) electrons. The molecule has 0 unspecified atom stereocenters. The van der Waals surface area contributed by atoms with E-state index in [1.165, 1.54) is 11.1 Å². The van der Waals surface area contributed by atoms with Crippen LogP contribution in [0.15, 0.2) is 41.1 Å². The summed E-state index contributed by atoms with van der Waals surface area (Å²) in [6.07, 6.45) is 4.99. The van der Waals surface area contributed by atoms with Gasteiger partial charge in [-0.25, -0.2) is 0 Å². The van der Waals surface area contributed by atoms with E-state index >= 15 is 0 Å². The maximum Gasteiger partial charge on any atom is 0.0522 e. The fourth-order valence-corrected chi connectivity index (χ4v) is 2.16. The van der Waals surface area contributed by atoms with Crippen molar-refractivity contribution in [1.29, 1.82) is 0 Å². The van der Waals surface area contributed by atoms with Crippen molar-refractivity contribution in [3.63, 3.8) is 0 Å². The van der Waals surface area contributed by atoms with Crippen molar-refractivity contribution in [3.8, 4) is 0 Å². The molecular weight excluding hydrogens is 278 g/mol. The van der Waals surface area contributed by atoms with E-state index in [2.05, 4.69) is 50.7 Å². The zero-order valence-corrected chi connectivity index (χ0v) is 11.4. The molecule has 0 fully saturated rings.